The van der Waals surface area contributed by atoms with E-state index in [4.69, 9.17) is 14.2 Å². The van der Waals surface area contributed by atoms with E-state index in [1.807, 2.05) is 0 Å². The van der Waals surface area contributed by atoms with E-state index >= 15 is 0 Å². The number of carbonyl (C=O) groups is 3. The lowest BCUT2D eigenvalue weighted by Crippen LogP contribution is -2.30. The molecule has 0 saturated carbocycles. The molecule has 1 aromatic rings. The first kappa shape index (κ1) is 15.8. The summed E-state index contributed by atoms with van der Waals surface area (Å²) in [5.41, 5.74) is 0.515. The summed E-state index contributed by atoms with van der Waals surface area (Å²) < 4.78 is 15.4. The van der Waals surface area contributed by atoms with Crippen LogP contribution in [-0.2, 0) is 19.1 Å². The van der Waals surface area contributed by atoms with Crippen molar-refractivity contribution in [3.63, 3.8) is 0 Å². The molecule has 0 radical (unpaired) electrons. The Morgan fingerprint density at radius 1 is 1.23 bits per heavy atom. The number of Topliss-reactive ketones (excluding diaryl/α,β-unsaturated/α-hetero) is 1. The minimum absolute atomic E-state index is 0.0308. The summed E-state index contributed by atoms with van der Waals surface area (Å²) in [7, 11) is 0. The molecule has 1 amide bonds. The number of ether oxygens (including phenoxy) is 3. The number of fused-ring (bicyclic) bond motifs is 1. The van der Waals surface area contributed by atoms with E-state index in [2.05, 4.69) is 5.32 Å². The van der Waals surface area contributed by atoms with Gasteiger partial charge in [-0.25, -0.2) is 0 Å². The van der Waals surface area contributed by atoms with Gasteiger partial charge >= 0.3 is 5.97 Å². The Morgan fingerprint density at radius 3 is 2.68 bits per heavy atom. The van der Waals surface area contributed by atoms with Crippen LogP contribution in [-0.4, -0.2) is 30.6 Å². The molecule has 0 saturated heterocycles. The summed E-state index contributed by atoms with van der Waals surface area (Å²) in [5, 5.41) is 2.62. The van der Waals surface area contributed by atoms with Crippen molar-refractivity contribution < 1.29 is 28.6 Å². The monoisotopic (exact) mass is 307 g/mol. The molecule has 1 aromatic carbocycles. The zero-order chi connectivity index (χ0) is 16.1. The van der Waals surface area contributed by atoms with E-state index in [-0.39, 0.29) is 25.4 Å². The third kappa shape index (κ3) is 4.21. The summed E-state index contributed by atoms with van der Waals surface area (Å²) in [6, 6.07) is 4.97. The Bertz CT molecular complexity index is 598. The highest BCUT2D eigenvalue weighted by molar-refractivity contribution is 5.95. The Morgan fingerprint density at radius 2 is 1.95 bits per heavy atom. The first-order valence-corrected chi connectivity index (χ1v) is 6.85. The number of esters is 1. The molecule has 0 aromatic heterocycles. The summed E-state index contributed by atoms with van der Waals surface area (Å²) in [6.45, 7) is 3.01. The molecular formula is C15H17NO6. The predicted molar refractivity (Wildman–Crippen MR) is 76.7 cm³/mol. The second-order valence-electron chi connectivity index (χ2n) is 4.89. The lowest BCUT2D eigenvalue weighted by Gasteiger charge is -2.13. The van der Waals surface area contributed by atoms with E-state index in [0.717, 1.165) is 0 Å². The van der Waals surface area contributed by atoms with Gasteiger partial charge in [0.05, 0.1) is 6.42 Å². The first-order chi connectivity index (χ1) is 10.5. The van der Waals surface area contributed by atoms with Crippen LogP contribution in [0, 0.1) is 0 Å². The van der Waals surface area contributed by atoms with Crippen LogP contribution in [0.4, 0.5) is 5.69 Å². The van der Waals surface area contributed by atoms with Crippen LogP contribution in [0.2, 0.25) is 0 Å². The molecule has 1 atom stereocenters. The molecule has 118 valence electrons. The second kappa shape index (κ2) is 6.93. The average Bonchev–Trinajstić information content (AvgIpc) is 2.92. The van der Waals surface area contributed by atoms with Gasteiger partial charge in [-0.3, -0.25) is 9.59 Å². The number of hydrogen-bond acceptors (Lipinski definition) is 6. The van der Waals surface area contributed by atoms with Crippen molar-refractivity contribution in [2.75, 3.05) is 12.1 Å². The molecule has 1 heterocycles. The summed E-state index contributed by atoms with van der Waals surface area (Å²) >= 11 is 0. The highest BCUT2D eigenvalue weighted by atomic mass is 16.7. The van der Waals surface area contributed by atoms with Crippen LogP contribution in [0.15, 0.2) is 18.2 Å². The summed E-state index contributed by atoms with van der Waals surface area (Å²) in [4.78, 5) is 34.2. The van der Waals surface area contributed by atoms with Gasteiger partial charge in [-0.15, -0.1) is 0 Å². The van der Waals surface area contributed by atoms with E-state index in [9.17, 15) is 14.4 Å². The van der Waals surface area contributed by atoms with Crippen LogP contribution in [0.3, 0.4) is 0 Å². The van der Waals surface area contributed by atoms with Gasteiger partial charge in [-0.05, 0) is 26.0 Å². The molecule has 1 aliphatic heterocycles. The van der Waals surface area contributed by atoms with Crippen molar-refractivity contribution in [2.45, 2.75) is 32.8 Å². The van der Waals surface area contributed by atoms with Gasteiger partial charge in [0.15, 0.2) is 17.6 Å². The number of carbonyl (C=O) groups excluding carboxylic acids is 3. The molecule has 7 nitrogen and oxygen atoms in total. The number of ketones is 1. The third-order valence-electron chi connectivity index (χ3n) is 3.00. The zero-order valence-corrected chi connectivity index (χ0v) is 12.4. The smallest absolute Gasteiger partial charge is 0.307 e. The first-order valence-electron chi connectivity index (χ1n) is 6.85. The molecule has 22 heavy (non-hydrogen) atoms. The van der Waals surface area contributed by atoms with Crippen molar-refractivity contribution in [1.82, 2.24) is 0 Å². The molecule has 0 bridgehead atoms. The van der Waals surface area contributed by atoms with E-state index < -0.39 is 18.0 Å². The number of amides is 1. The molecule has 7 heteroatoms. The Balaban J connectivity index is 1.86. The summed E-state index contributed by atoms with van der Waals surface area (Å²) in [6.07, 6.45) is -0.878. The minimum atomic E-state index is -0.954. The third-order valence-corrected chi connectivity index (χ3v) is 3.00. The number of benzene rings is 1. The molecule has 2 rings (SSSR count). The molecule has 0 aliphatic carbocycles. The van der Waals surface area contributed by atoms with Gasteiger partial charge in [-0.2, -0.15) is 0 Å². The standard InChI is InChI=1S/C15H17NO6/c1-9(17)3-6-14(18)22-10(2)15(19)16-11-4-5-12-13(7-11)21-8-20-12/h4-5,7,10H,3,6,8H2,1-2H3,(H,16,19)/t10-/m1/s1. The van der Waals surface area contributed by atoms with E-state index in [1.165, 1.54) is 13.8 Å². The predicted octanol–water partition coefficient (Wildman–Crippen LogP) is 1.65. The fourth-order valence-electron chi connectivity index (χ4n) is 1.81. The maximum absolute atomic E-state index is 12.0. The number of anilines is 1. The maximum Gasteiger partial charge on any atom is 0.307 e. The number of hydrogen-bond donors (Lipinski definition) is 1. The van der Waals surface area contributed by atoms with Crippen LogP contribution >= 0.6 is 0 Å². The van der Waals surface area contributed by atoms with Crippen LogP contribution in [0.5, 0.6) is 11.5 Å². The Hall–Kier alpha value is -2.57. The van der Waals surface area contributed by atoms with Crippen molar-refractivity contribution in [2.24, 2.45) is 0 Å². The van der Waals surface area contributed by atoms with Crippen LogP contribution in [0.25, 0.3) is 0 Å². The van der Waals surface area contributed by atoms with Crippen molar-refractivity contribution >= 4 is 23.3 Å². The lowest BCUT2D eigenvalue weighted by molar-refractivity contribution is -0.153. The van der Waals surface area contributed by atoms with Crippen molar-refractivity contribution in [1.29, 1.82) is 0 Å². The highest BCUT2D eigenvalue weighted by Gasteiger charge is 2.19. The van der Waals surface area contributed by atoms with Crippen molar-refractivity contribution in [3.8, 4) is 11.5 Å². The zero-order valence-electron chi connectivity index (χ0n) is 12.4. The lowest BCUT2D eigenvalue weighted by atomic mass is 10.2. The van der Waals surface area contributed by atoms with Gasteiger partial charge in [0, 0.05) is 18.2 Å². The quantitative estimate of drug-likeness (QED) is 0.804. The largest absolute Gasteiger partial charge is 0.454 e. The summed E-state index contributed by atoms with van der Waals surface area (Å²) in [5.74, 6) is 0.0126. The minimum Gasteiger partial charge on any atom is -0.454 e. The molecule has 1 aliphatic rings. The van der Waals surface area contributed by atoms with Gasteiger partial charge in [0.2, 0.25) is 6.79 Å². The van der Waals surface area contributed by atoms with Crippen molar-refractivity contribution in [3.05, 3.63) is 18.2 Å². The van der Waals surface area contributed by atoms with Crippen LogP contribution < -0.4 is 14.8 Å². The SMILES string of the molecule is CC(=O)CCC(=O)O[C@H](C)C(=O)Nc1ccc2c(c1)OCO2. The Kier molecular flexibility index (Phi) is 4.98. The molecule has 0 spiro atoms. The molecule has 0 unspecified atom stereocenters. The Labute approximate surface area is 127 Å². The number of nitrogens with one attached hydrogen (secondary N) is 1. The highest BCUT2D eigenvalue weighted by Crippen LogP contribution is 2.34. The molecular weight excluding hydrogens is 290 g/mol. The fourth-order valence-corrected chi connectivity index (χ4v) is 1.81. The van der Waals surface area contributed by atoms with Crippen LogP contribution in [0.1, 0.15) is 26.7 Å². The van der Waals surface area contributed by atoms with Gasteiger partial charge in [0.1, 0.15) is 5.78 Å². The molecule has 1 N–H and O–H groups in total. The normalized spacial score (nSPS) is 13.4. The second-order valence-corrected chi connectivity index (χ2v) is 4.89. The van der Waals surface area contributed by atoms with Gasteiger partial charge in [0.25, 0.3) is 5.91 Å². The topological polar surface area (TPSA) is 90.9 Å². The van der Waals surface area contributed by atoms with Gasteiger partial charge < -0.3 is 24.3 Å². The van der Waals surface area contributed by atoms with Gasteiger partial charge in [-0.1, -0.05) is 0 Å². The maximum atomic E-state index is 12.0. The number of rotatable bonds is 6. The molecule has 0 fully saturated rings. The van der Waals surface area contributed by atoms with E-state index in [0.29, 0.717) is 17.2 Å². The van der Waals surface area contributed by atoms with E-state index in [1.54, 1.807) is 18.2 Å². The fraction of sp³-hybridized carbons (Fsp3) is 0.400. The average molecular weight is 307 g/mol.